The highest BCUT2D eigenvalue weighted by atomic mass is 35.5. The number of benzene rings is 1. The van der Waals surface area contributed by atoms with Gasteiger partial charge in [-0.1, -0.05) is 17.7 Å². The van der Waals surface area contributed by atoms with Crippen LogP contribution >= 0.6 is 11.6 Å². The summed E-state index contributed by atoms with van der Waals surface area (Å²) in [4.78, 5) is 4.60. The summed E-state index contributed by atoms with van der Waals surface area (Å²) in [6, 6.07) is 5.94. The van der Waals surface area contributed by atoms with Crippen LogP contribution < -0.4 is 0 Å². The molecule has 1 saturated carbocycles. The lowest BCUT2D eigenvalue weighted by Gasteiger charge is -1.98. The van der Waals surface area contributed by atoms with Crippen molar-refractivity contribution in [2.45, 2.75) is 18.8 Å². The first kappa shape index (κ1) is 8.30. The van der Waals surface area contributed by atoms with Crippen LogP contribution in [-0.4, -0.2) is 9.55 Å². The van der Waals surface area contributed by atoms with E-state index in [2.05, 4.69) is 22.7 Å². The van der Waals surface area contributed by atoms with Gasteiger partial charge in [-0.05, 0) is 25.0 Å². The number of para-hydroxylation sites is 1. The molecule has 14 heavy (non-hydrogen) atoms. The lowest BCUT2D eigenvalue weighted by molar-refractivity contribution is 0.820. The molecular formula is C11H11ClN2. The summed E-state index contributed by atoms with van der Waals surface area (Å²) in [7, 11) is 2.07. The smallest absolute Gasteiger partial charge is 0.112 e. The molecule has 0 radical (unpaired) electrons. The Bertz CT molecular complexity index is 497. The Morgan fingerprint density at radius 2 is 2.21 bits per heavy atom. The number of hydrogen-bond donors (Lipinski definition) is 0. The first-order valence-corrected chi connectivity index (χ1v) is 5.26. The molecule has 0 N–H and O–H groups in total. The van der Waals surface area contributed by atoms with Crippen LogP contribution in [0.25, 0.3) is 11.0 Å². The van der Waals surface area contributed by atoms with E-state index >= 15 is 0 Å². The predicted molar refractivity (Wildman–Crippen MR) is 57.7 cm³/mol. The van der Waals surface area contributed by atoms with Crippen LogP contribution in [0.15, 0.2) is 18.2 Å². The third-order valence-corrected chi connectivity index (χ3v) is 3.14. The summed E-state index contributed by atoms with van der Waals surface area (Å²) in [6.07, 6.45) is 2.55. The average molecular weight is 207 g/mol. The molecule has 1 aromatic heterocycles. The first-order chi connectivity index (χ1) is 6.77. The Labute approximate surface area is 87.5 Å². The van der Waals surface area contributed by atoms with Gasteiger partial charge in [-0.3, -0.25) is 0 Å². The van der Waals surface area contributed by atoms with E-state index in [-0.39, 0.29) is 0 Å². The van der Waals surface area contributed by atoms with Crippen LogP contribution in [0.2, 0.25) is 5.02 Å². The molecule has 1 aromatic carbocycles. The van der Waals surface area contributed by atoms with Crippen LogP contribution in [0.1, 0.15) is 24.6 Å². The molecule has 1 aliphatic carbocycles. The molecule has 0 aliphatic heterocycles. The molecule has 3 rings (SSSR count). The van der Waals surface area contributed by atoms with E-state index in [4.69, 9.17) is 11.6 Å². The molecule has 0 unspecified atom stereocenters. The molecule has 1 aliphatic rings. The minimum absolute atomic E-state index is 0.670. The van der Waals surface area contributed by atoms with E-state index in [1.807, 2.05) is 12.1 Å². The summed E-state index contributed by atoms with van der Waals surface area (Å²) in [5, 5.41) is 0.755. The predicted octanol–water partition coefficient (Wildman–Crippen LogP) is 3.10. The summed E-state index contributed by atoms with van der Waals surface area (Å²) in [5.74, 6) is 1.86. The zero-order valence-corrected chi connectivity index (χ0v) is 8.75. The molecule has 2 aromatic rings. The van der Waals surface area contributed by atoms with Crippen molar-refractivity contribution in [2.75, 3.05) is 0 Å². The number of imidazole rings is 1. The highest BCUT2D eigenvalue weighted by Crippen LogP contribution is 2.40. The quantitative estimate of drug-likeness (QED) is 0.701. The SMILES string of the molecule is Cn1c(C2CC2)nc2c(Cl)cccc21. The largest absolute Gasteiger partial charge is 0.331 e. The fraction of sp³-hybridized carbons (Fsp3) is 0.364. The Morgan fingerprint density at radius 1 is 1.43 bits per heavy atom. The number of aromatic nitrogens is 2. The Kier molecular flexibility index (Phi) is 1.62. The molecule has 3 heteroatoms. The molecule has 2 nitrogen and oxygen atoms in total. The van der Waals surface area contributed by atoms with Gasteiger partial charge in [0.05, 0.1) is 10.5 Å². The van der Waals surface area contributed by atoms with Crippen molar-refractivity contribution in [1.82, 2.24) is 9.55 Å². The van der Waals surface area contributed by atoms with Gasteiger partial charge in [0.15, 0.2) is 0 Å². The summed E-state index contributed by atoms with van der Waals surface area (Å²) in [5.41, 5.74) is 2.08. The molecule has 0 saturated heterocycles. The van der Waals surface area contributed by atoms with Gasteiger partial charge in [-0.2, -0.15) is 0 Å². The zero-order valence-electron chi connectivity index (χ0n) is 8.00. The van der Waals surface area contributed by atoms with Crippen LogP contribution in [0.4, 0.5) is 0 Å². The van der Waals surface area contributed by atoms with Crippen molar-refractivity contribution < 1.29 is 0 Å². The number of halogens is 1. The van der Waals surface area contributed by atoms with E-state index in [9.17, 15) is 0 Å². The summed E-state index contributed by atoms with van der Waals surface area (Å²) >= 11 is 6.09. The maximum absolute atomic E-state index is 6.09. The maximum Gasteiger partial charge on any atom is 0.112 e. The van der Waals surface area contributed by atoms with Crippen LogP contribution in [0.5, 0.6) is 0 Å². The minimum atomic E-state index is 0.670. The molecule has 1 heterocycles. The molecule has 0 amide bonds. The van der Waals surface area contributed by atoms with Gasteiger partial charge in [-0.15, -0.1) is 0 Å². The van der Waals surface area contributed by atoms with Crippen molar-refractivity contribution in [1.29, 1.82) is 0 Å². The second kappa shape index (κ2) is 2.74. The van der Waals surface area contributed by atoms with E-state index in [0.717, 1.165) is 16.1 Å². The van der Waals surface area contributed by atoms with Crippen molar-refractivity contribution >= 4 is 22.6 Å². The van der Waals surface area contributed by atoms with E-state index < -0.39 is 0 Å². The van der Waals surface area contributed by atoms with Crippen LogP contribution in [-0.2, 0) is 7.05 Å². The van der Waals surface area contributed by atoms with Crippen molar-refractivity contribution in [3.05, 3.63) is 29.0 Å². The summed E-state index contributed by atoms with van der Waals surface area (Å²) in [6.45, 7) is 0. The molecule has 72 valence electrons. The van der Waals surface area contributed by atoms with E-state index in [0.29, 0.717) is 5.92 Å². The molecule has 0 atom stereocenters. The Morgan fingerprint density at radius 3 is 2.86 bits per heavy atom. The fourth-order valence-electron chi connectivity index (χ4n) is 1.90. The lowest BCUT2D eigenvalue weighted by atomic mass is 10.3. The van der Waals surface area contributed by atoms with Crippen LogP contribution in [0.3, 0.4) is 0 Å². The van der Waals surface area contributed by atoms with E-state index in [1.165, 1.54) is 18.7 Å². The highest BCUT2D eigenvalue weighted by Gasteiger charge is 2.28. The number of nitrogens with zero attached hydrogens (tertiary/aromatic N) is 2. The molecule has 0 bridgehead atoms. The second-order valence-corrected chi connectivity index (χ2v) is 4.32. The molecule has 0 spiro atoms. The van der Waals surface area contributed by atoms with Crippen LogP contribution in [0, 0.1) is 0 Å². The zero-order chi connectivity index (χ0) is 9.71. The maximum atomic E-state index is 6.09. The van der Waals surface area contributed by atoms with Gasteiger partial charge in [0.2, 0.25) is 0 Å². The third-order valence-electron chi connectivity index (χ3n) is 2.84. The van der Waals surface area contributed by atoms with Gasteiger partial charge >= 0.3 is 0 Å². The average Bonchev–Trinajstić information content (AvgIpc) is 2.94. The molecule has 1 fully saturated rings. The third kappa shape index (κ3) is 1.07. The standard InChI is InChI=1S/C11H11ClN2/c1-14-9-4-2-3-8(12)10(9)13-11(14)7-5-6-7/h2-4,7H,5-6H2,1H3. The van der Waals surface area contributed by atoms with Crippen molar-refractivity contribution in [3.8, 4) is 0 Å². The fourth-order valence-corrected chi connectivity index (χ4v) is 2.12. The van der Waals surface area contributed by atoms with Gasteiger partial charge < -0.3 is 4.57 Å². The number of fused-ring (bicyclic) bond motifs is 1. The summed E-state index contributed by atoms with van der Waals surface area (Å²) < 4.78 is 2.17. The van der Waals surface area contributed by atoms with Gasteiger partial charge in [-0.25, -0.2) is 4.98 Å². The minimum Gasteiger partial charge on any atom is -0.331 e. The lowest BCUT2D eigenvalue weighted by Crippen LogP contribution is -1.94. The Balaban J connectivity index is 2.33. The van der Waals surface area contributed by atoms with Crippen molar-refractivity contribution in [3.63, 3.8) is 0 Å². The number of rotatable bonds is 1. The number of hydrogen-bond acceptors (Lipinski definition) is 1. The first-order valence-electron chi connectivity index (χ1n) is 4.88. The van der Waals surface area contributed by atoms with Crippen molar-refractivity contribution in [2.24, 2.45) is 7.05 Å². The van der Waals surface area contributed by atoms with Gasteiger partial charge in [0.25, 0.3) is 0 Å². The van der Waals surface area contributed by atoms with E-state index in [1.54, 1.807) is 0 Å². The number of aryl methyl sites for hydroxylation is 1. The monoisotopic (exact) mass is 206 g/mol. The normalized spacial score (nSPS) is 16.4. The molecular weight excluding hydrogens is 196 g/mol. The van der Waals surface area contributed by atoms with Gasteiger partial charge in [0.1, 0.15) is 11.3 Å². The van der Waals surface area contributed by atoms with Gasteiger partial charge in [0, 0.05) is 13.0 Å². The highest BCUT2D eigenvalue weighted by molar-refractivity contribution is 6.34. The topological polar surface area (TPSA) is 17.8 Å². The second-order valence-electron chi connectivity index (χ2n) is 3.91. The Hall–Kier alpha value is -1.02.